The summed E-state index contributed by atoms with van der Waals surface area (Å²) in [5, 5.41) is -0.112. The smallest absolute Gasteiger partial charge is 0.142 e. The van der Waals surface area contributed by atoms with Gasteiger partial charge in [-0.05, 0) is 38.1 Å². The van der Waals surface area contributed by atoms with Gasteiger partial charge in [0, 0.05) is 18.2 Å². The zero-order chi connectivity index (χ0) is 12.6. The number of nitrogens with zero attached hydrogens (tertiary/aromatic N) is 1. The minimum atomic E-state index is -0.576. The van der Waals surface area contributed by atoms with Gasteiger partial charge in [-0.3, -0.25) is 4.90 Å². The fourth-order valence-electron chi connectivity index (χ4n) is 2.46. The number of nitrogens with two attached hydrogens (primary N) is 1. The Morgan fingerprint density at radius 2 is 2.06 bits per heavy atom. The molecule has 0 amide bonds. The summed E-state index contributed by atoms with van der Waals surface area (Å²) in [4.78, 5) is 1.97. The lowest BCUT2D eigenvalue weighted by Gasteiger charge is -2.21. The van der Waals surface area contributed by atoms with E-state index in [1.807, 2.05) is 11.9 Å². The summed E-state index contributed by atoms with van der Waals surface area (Å²) in [6.45, 7) is 1.34. The average molecular weight is 261 g/mol. The molecule has 1 saturated heterocycles. The van der Waals surface area contributed by atoms with Gasteiger partial charge in [0.1, 0.15) is 11.6 Å². The van der Waals surface area contributed by atoms with Crippen molar-refractivity contribution in [1.29, 1.82) is 0 Å². The van der Waals surface area contributed by atoms with Gasteiger partial charge in [-0.1, -0.05) is 11.6 Å². The van der Waals surface area contributed by atoms with Crippen LogP contribution in [0.2, 0.25) is 5.02 Å². The maximum atomic E-state index is 13.8. The predicted octanol–water partition coefficient (Wildman–Crippen LogP) is 2.57. The highest BCUT2D eigenvalue weighted by molar-refractivity contribution is 6.31. The minimum absolute atomic E-state index is 0.112. The molecule has 0 spiro atoms. The lowest BCUT2D eigenvalue weighted by atomic mass is 9.99. The molecular formula is C12H15ClF2N2. The van der Waals surface area contributed by atoms with E-state index in [0.29, 0.717) is 18.9 Å². The van der Waals surface area contributed by atoms with Crippen molar-refractivity contribution in [3.8, 4) is 0 Å². The second-order valence-electron chi connectivity index (χ2n) is 4.55. The molecule has 2 N–H and O–H groups in total. The number of likely N-dealkylation sites (tertiary alicyclic amines) is 1. The molecule has 1 aromatic carbocycles. The third-order valence-corrected chi connectivity index (χ3v) is 3.76. The standard InChI is InChI=1S/C12H15ClF2N2/c1-17-6-7(5-16)4-10(17)11-8(14)2-3-9(15)12(11)13/h2-3,7,10H,4-6,16H2,1H3. The maximum Gasteiger partial charge on any atom is 0.142 e. The second kappa shape index (κ2) is 4.88. The summed E-state index contributed by atoms with van der Waals surface area (Å²) in [6, 6.07) is 1.99. The Bertz CT molecular complexity index is 425. The first-order valence-corrected chi connectivity index (χ1v) is 5.96. The van der Waals surface area contributed by atoms with Gasteiger partial charge in [-0.2, -0.15) is 0 Å². The first-order valence-electron chi connectivity index (χ1n) is 5.58. The average Bonchev–Trinajstić information content (AvgIpc) is 2.66. The van der Waals surface area contributed by atoms with Crippen molar-refractivity contribution in [2.24, 2.45) is 11.7 Å². The van der Waals surface area contributed by atoms with E-state index in [1.165, 1.54) is 0 Å². The summed E-state index contributed by atoms with van der Waals surface area (Å²) >= 11 is 5.86. The molecule has 0 radical (unpaired) electrons. The van der Waals surface area contributed by atoms with Crippen LogP contribution in [-0.4, -0.2) is 25.0 Å². The van der Waals surface area contributed by atoms with Crippen LogP contribution in [-0.2, 0) is 0 Å². The lowest BCUT2D eigenvalue weighted by molar-refractivity contribution is 0.306. The molecule has 2 atom stereocenters. The van der Waals surface area contributed by atoms with Crippen LogP contribution < -0.4 is 5.73 Å². The van der Waals surface area contributed by atoms with E-state index in [1.54, 1.807) is 0 Å². The SMILES string of the molecule is CN1CC(CN)CC1c1c(F)ccc(F)c1Cl. The first-order chi connectivity index (χ1) is 8.04. The Hall–Kier alpha value is -0.710. The predicted molar refractivity (Wildman–Crippen MR) is 63.9 cm³/mol. The zero-order valence-corrected chi connectivity index (χ0v) is 10.3. The summed E-state index contributed by atoms with van der Waals surface area (Å²) in [6.07, 6.45) is 0.715. The molecule has 1 fully saturated rings. The van der Waals surface area contributed by atoms with Crippen LogP contribution in [0.4, 0.5) is 8.78 Å². The summed E-state index contributed by atoms with van der Waals surface area (Å²) < 4.78 is 27.2. The van der Waals surface area contributed by atoms with Crippen molar-refractivity contribution in [3.63, 3.8) is 0 Å². The minimum Gasteiger partial charge on any atom is -0.330 e. The van der Waals surface area contributed by atoms with E-state index in [2.05, 4.69) is 0 Å². The summed E-state index contributed by atoms with van der Waals surface area (Å²) in [5.74, 6) is -0.720. The van der Waals surface area contributed by atoms with E-state index < -0.39 is 11.6 Å². The molecule has 0 aliphatic carbocycles. The van der Waals surface area contributed by atoms with Crippen LogP contribution in [0.3, 0.4) is 0 Å². The van der Waals surface area contributed by atoms with Crippen molar-refractivity contribution < 1.29 is 8.78 Å². The highest BCUT2D eigenvalue weighted by Gasteiger charge is 2.33. The summed E-state index contributed by atoms with van der Waals surface area (Å²) in [5.41, 5.74) is 5.87. The Kier molecular flexibility index (Phi) is 3.66. The molecule has 2 unspecified atom stereocenters. The monoisotopic (exact) mass is 260 g/mol. The molecule has 1 aromatic rings. The van der Waals surface area contributed by atoms with Crippen molar-refractivity contribution in [3.05, 3.63) is 34.4 Å². The van der Waals surface area contributed by atoms with Gasteiger partial charge in [-0.25, -0.2) is 8.78 Å². The molecule has 1 heterocycles. The van der Waals surface area contributed by atoms with Gasteiger partial charge < -0.3 is 5.73 Å². The molecular weight excluding hydrogens is 246 g/mol. The quantitative estimate of drug-likeness (QED) is 0.828. The van der Waals surface area contributed by atoms with Crippen LogP contribution in [0.25, 0.3) is 0 Å². The fourth-order valence-corrected chi connectivity index (χ4v) is 2.74. The van der Waals surface area contributed by atoms with Gasteiger partial charge in [0.05, 0.1) is 5.02 Å². The molecule has 0 bridgehead atoms. The van der Waals surface area contributed by atoms with E-state index in [4.69, 9.17) is 17.3 Å². The van der Waals surface area contributed by atoms with Gasteiger partial charge in [0.15, 0.2) is 0 Å². The fraction of sp³-hybridized carbons (Fsp3) is 0.500. The molecule has 5 heteroatoms. The van der Waals surface area contributed by atoms with Gasteiger partial charge >= 0.3 is 0 Å². The number of rotatable bonds is 2. The van der Waals surface area contributed by atoms with E-state index in [0.717, 1.165) is 18.7 Å². The van der Waals surface area contributed by atoms with Crippen molar-refractivity contribution in [2.45, 2.75) is 12.5 Å². The van der Waals surface area contributed by atoms with E-state index in [9.17, 15) is 8.78 Å². The van der Waals surface area contributed by atoms with Crippen LogP contribution >= 0.6 is 11.6 Å². The van der Waals surface area contributed by atoms with E-state index >= 15 is 0 Å². The van der Waals surface area contributed by atoms with Gasteiger partial charge in [-0.15, -0.1) is 0 Å². The Balaban J connectivity index is 2.37. The van der Waals surface area contributed by atoms with Crippen LogP contribution in [0.1, 0.15) is 18.0 Å². The summed E-state index contributed by atoms with van der Waals surface area (Å²) in [7, 11) is 1.88. The maximum absolute atomic E-state index is 13.8. The van der Waals surface area contributed by atoms with E-state index in [-0.39, 0.29) is 16.6 Å². The van der Waals surface area contributed by atoms with Crippen molar-refractivity contribution in [1.82, 2.24) is 4.90 Å². The molecule has 2 nitrogen and oxygen atoms in total. The third-order valence-electron chi connectivity index (χ3n) is 3.38. The Labute approximate surface area is 104 Å². The van der Waals surface area contributed by atoms with Gasteiger partial charge in [0.2, 0.25) is 0 Å². The van der Waals surface area contributed by atoms with Crippen LogP contribution in [0.15, 0.2) is 12.1 Å². The lowest BCUT2D eigenvalue weighted by Crippen LogP contribution is -2.21. The molecule has 0 saturated carbocycles. The highest BCUT2D eigenvalue weighted by atomic mass is 35.5. The second-order valence-corrected chi connectivity index (χ2v) is 4.93. The van der Waals surface area contributed by atoms with Crippen molar-refractivity contribution >= 4 is 11.6 Å². The molecule has 0 aromatic heterocycles. The Morgan fingerprint density at radius 1 is 1.41 bits per heavy atom. The topological polar surface area (TPSA) is 29.3 Å². The van der Waals surface area contributed by atoms with Crippen LogP contribution in [0.5, 0.6) is 0 Å². The Morgan fingerprint density at radius 3 is 2.65 bits per heavy atom. The third kappa shape index (κ3) is 2.30. The molecule has 1 aliphatic rings. The van der Waals surface area contributed by atoms with Crippen LogP contribution in [0, 0.1) is 17.6 Å². The molecule has 2 rings (SSSR count). The van der Waals surface area contributed by atoms with Crippen molar-refractivity contribution in [2.75, 3.05) is 20.1 Å². The number of hydrogen-bond donors (Lipinski definition) is 1. The van der Waals surface area contributed by atoms with Gasteiger partial charge in [0.25, 0.3) is 0 Å². The first kappa shape index (κ1) is 12.7. The number of benzene rings is 1. The zero-order valence-electron chi connectivity index (χ0n) is 9.59. The largest absolute Gasteiger partial charge is 0.330 e. The molecule has 94 valence electrons. The normalized spacial score (nSPS) is 25.5. The molecule has 1 aliphatic heterocycles. The number of hydrogen-bond acceptors (Lipinski definition) is 2. The molecule has 17 heavy (non-hydrogen) atoms. The number of halogens is 3. The highest BCUT2D eigenvalue weighted by Crippen LogP contribution is 2.39.